The number of ether oxygens (including phenoxy) is 1. The highest BCUT2D eigenvalue weighted by Gasteiger charge is 2.19. The number of benzene rings is 3. The van der Waals surface area contributed by atoms with Crippen LogP contribution in [-0.4, -0.2) is 6.09 Å². The normalized spacial score (nSPS) is 10.1. The predicted octanol–water partition coefficient (Wildman–Crippen LogP) is 5.33. The van der Waals surface area contributed by atoms with E-state index in [1.807, 2.05) is 79.7 Å². The number of carbonyl (C=O) groups is 1. The summed E-state index contributed by atoms with van der Waals surface area (Å²) in [5, 5.41) is 0. The fourth-order valence-corrected chi connectivity index (χ4v) is 2.27. The van der Waals surface area contributed by atoms with Gasteiger partial charge < -0.3 is 4.74 Å². The van der Waals surface area contributed by atoms with Crippen LogP contribution in [0.5, 0.6) is 5.75 Å². The second-order valence-electron chi connectivity index (χ2n) is 5.19. The first-order valence-electron chi connectivity index (χ1n) is 7.43. The van der Waals surface area contributed by atoms with E-state index < -0.39 is 6.09 Å². The standard InChI is InChI=1S/C20H17NO2/c1-16-12-14-19(15-13-16)23-20(22)21(17-8-4-2-5-9-17)18-10-6-3-7-11-18/h2-15H,1H3. The fraction of sp³-hybridized carbons (Fsp3) is 0.0500. The summed E-state index contributed by atoms with van der Waals surface area (Å²) in [6, 6.07) is 26.3. The van der Waals surface area contributed by atoms with Crippen LogP contribution in [0.15, 0.2) is 84.9 Å². The Kier molecular flexibility index (Phi) is 4.39. The van der Waals surface area contributed by atoms with Gasteiger partial charge in [-0.25, -0.2) is 9.69 Å². The molecule has 3 rings (SSSR count). The first-order valence-corrected chi connectivity index (χ1v) is 7.43. The molecule has 0 saturated heterocycles. The van der Waals surface area contributed by atoms with Crippen molar-refractivity contribution < 1.29 is 9.53 Å². The second-order valence-corrected chi connectivity index (χ2v) is 5.19. The van der Waals surface area contributed by atoms with Gasteiger partial charge in [0.1, 0.15) is 5.75 Å². The number of amides is 1. The van der Waals surface area contributed by atoms with Crippen LogP contribution in [0.1, 0.15) is 5.56 Å². The minimum absolute atomic E-state index is 0.439. The lowest BCUT2D eigenvalue weighted by molar-refractivity contribution is 0.210. The first kappa shape index (κ1) is 14.9. The van der Waals surface area contributed by atoms with E-state index in [4.69, 9.17) is 4.74 Å². The van der Waals surface area contributed by atoms with Crippen molar-refractivity contribution >= 4 is 17.5 Å². The van der Waals surface area contributed by atoms with Gasteiger partial charge in [0.25, 0.3) is 0 Å². The van der Waals surface area contributed by atoms with E-state index >= 15 is 0 Å². The fourth-order valence-electron chi connectivity index (χ4n) is 2.27. The van der Waals surface area contributed by atoms with Gasteiger partial charge in [0, 0.05) is 0 Å². The van der Waals surface area contributed by atoms with Crippen molar-refractivity contribution in [2.24, 2.45) is 0 Å². The molecule has 0 aliphatic rings. The van der Waals surface area contributed by atoms with Gasteiger partial charge in [0.05, 0.1) is 11.4 Å². The SMILES string of the molecule is Cc1ccc(OC(=O)N(c2ccccc2)c2ccccc2)cc1. The number of carbonyl (C=O) groups excluding carboxylic acids is 1. The van der Waals surface area contributed by atoms with Crippen molar-refractivity contribution in [2.75, 3.05) is 4.90 Å². The molecule has 0 heterocycles. The number of nitrogens with zero attached hydrogens (tertiary/aromatic N) is 1. The molecule has 3 nitrogen and oxygen atoms in total. The van der Waals surface area contributed by atoms with Gasteiger partial charge in [-0.2, -0.15) is 0 Å². The Balaban J connectivity index is 1.92. The van der Waals surface area contributed by atoms with Gasteiger partial charge in [-0.05, 0) is 43.3 Å². The Labute approximate surface area is 135 Å². The highest BCUT2D eigenvalue weighted by atomic mass is 16.6. The molecule has 114 valence electrons. The molecule has 0 aliphatic heterocycles. The molecule has 23 heavy (non-hydrogen) atoms. The molecule has 0 saturated carbocycles. The van der Waals surface area contributed by atoms with E-state index in [9.17, 15) is 4.79 Å². The lowest BCUT2D eigenvalue weighted by Crippen LogP contribution is -2.29. The Morgan fingerprint density at radius 3 is 1.70 bits per heavy atom. The number of aryl methyl sites for hydroxylation is 1. The van der Waals surface area contributed by atoms with E-state index in [0.29, 0.717) is 5.75 Å². The summed E-state index contributed by atoms with van der Waals surface area (Å²) >= 11 is 0. The van der Waals surface area contributed by atoms with Crippen LogP contribution in [-0.2, 0) is 0 Å². The quantitative estimate of drug-likeness (QED) is 0.654. The Morgan fingerprint density at radius 2 is 1.22 bits per heavy atom. The van der Waals surface area contributed by atoms with E-state index in [1.54, 1.807) is 17.0 Å². The average molecular weight is 303 g/mol. The van der Waals surface area contributed by atoms with Crippen LogP contribution in [0, 0.1) is 6.92 Å². The van der Waals surface area contributed by atoms with Crippen molar-refractivity contribution in [1.29, 1.82) is 0 Å². The minimum atomic E-state index is -0.439. The summed E-state index contributed by atoms with van der Waals surface area (Å²) < 4.78 is 5.53. The number of para-hydroxylation sites is 2. The van der Waals surface area contributed by atoms with E-state index in [2.05, 4.69) is 0 Å². The summed E-state index contributed by atoms with van der Waals surface area (Å²) in [6.07, 6.45) is -0.439. The monoisotopic (exact) mass is 303 g/mol. The molecular weight excluding hydrogens is 286 g/mol. The number of rotatable bonds is 3. The van der Waals surface area contributed by atoms with Crippen LogP contribution in [0.3, 0.4) is 0 Å². The Hall–Kier alpha value is -3.07. The molecule has 0 fully saturated rings. The topological polar surface area (TPSA) is 29.5 Å². The summed E-state index contributed by atoms with van der Waals surface area (Å²) in [5.41, 5.74) is 2.64. The molecule has 0 spiro atoms. The van der Waals surface area contributed by atoms with Crippen LogP contribution < -0.4 is 9.64 Å². The van der Waals surface area contributed by atoms with Gasteiger partial charge >= 0.3 is 6.09 Å². The van der Waals surface area contributed by atoms with Crippen molar-refractivity contribution in [3.63, 3.8) is 0 Å². The smallest absolute Gasteiger partial charge is 0.410 e. The third-order valence-electron chi connectivity index (χ3n) is 3.44. The van der Waals surface area contributed by atoms with E-state index in [0.717, 1.165) is 16.9 Å². The number of hydrogen-bond acceptors (Lipinski definition) is 2. The molecule has 0 aromatic heterocycles. The highest BCUT2D eigenvalue weighted by molar-refractivity contribution is 5.97. The van der Waals surface area contributed by atoms with E-state index in [-0.39, 0.29) is 0 Å². The first-order chi connectivity index (χ1) is 11.2. The average Bonchev–Trinajstić information content (AvgIpc) is 2.59. The maximum Gasteiger partial charge on any atom is 0.424 e. The molecule has 0 bridgehead atoms. The Morgan fingerprint density at radius 1 is 0.739 bits per heavy atom. The lowest BCUT2D eigenvalue weighted by atomic mass is 10.2. The molecule has 0 unspecified atom stereocenters. The van der Waals surface area contributed by atoms with Crippen LogP contribution >= 0.6 is 0 Å². The van der Waals surface area contributed by atoms with Crippen LogP contribution in [0.2, 0.25) is 0 Å². The van der Waals surface area contributed by atoms with Gasteiger partial charge in [-0.15, -0.1) is 0 Å². The molecular formula is C20H17NO2. The molecule has 0 aliphatic carbocycles. The Bertz CT molecular complexity index is 728. The third-order valence-corrected chi connectivity index (χ3v) is 3.44. The third kappa shape index (κ3) is 3.58. The zero-order valence-electron chi connectivity index (χ0n) is 12.8. The maximum absolute atomic E-state index is 12.7. The summed E-state index contributed by atoms with van der Waals surface area (Å²) in [6.45, 7) is 1.99. The van der Waals surface area contributed by atoms with Crippen LogP contribution in [0.4, 0.5) is 16.2 Å². The molecule has 0 N–H and O–H groups in total. The van der Waals surface area contributed by atoms with Crippen molar-refractivity contribution in [3.8, 4) is 5.75 Å². The maximum atomic E-state index is 12.7. The van der Waals surface area contributed by atoms with Crippen LogP contribution in [0.25, 0.3) is 0 Å². The molecule has 0 atom stereocenters. The molecule has 3 aromatic rings. The lowest BCUT2D eigenvalue weighted by Gasteiger charge is -2.22. The van der Waals surface area contributed by atoms with Crippen molar-refractivity contribution in [2.45, 2.75) is 6.92 Å². The van der Waals surface area contributed by atoms with Gasteiger partial charge in [0.15, 0.2) is 0 Å². The van der Waals surface area contributed by atoms with Crippen molar-refractivity contribution in [3.05, 3.63) is 90.5 Å². The largest absolute Gasteiger partial charge is 0.424 e. The molecule has 1 amide bonds. The summed E-state index contributed by atoms with van der Waals surface area (Å²) in [5.74, 6) is 0.525. The predicted molar refractivity (Wildman–Crippen MR) is 92.2 cm³/mol. The van der Waals surface area contributed by atoms with Gasteiger partial charge in [-0.1, -0.05) is 54.1 Å². The number of hydrogen-bond donors (Lipinski definition) is 0. The van der Waals surface area contributed by atoms with Crippen molar-refractivity contribution in [1.82, 2.24) is 0 Å². The highest BCUT2D eigenvalue weighted by Crippen LogP contribution is 2.26. The molecule has 0 radical (unpaired) electrons. The van der Waals surface area contributed by atoms with Gasteiger partial charge in [0.2, 0.25) is 0 Å². The second kappa shape index (κ2) is 6.79. The van der Waals surface area contributed by atoms with E-state index in [1.165, 1.54) is 0 Å². The zero-order chi connectivity index (χ0) is 16.1. The summed E-state index contributed by atoms with van der Waals surface area (Å²) in [4.78, 5) is 14.3. The zero-order valence-corrected chi connectivity index (χ0v) is 12.8. The molecule has 3 aromatic carbocycles. The minimum Gasteiger partial charge on any atom is -0.410 e. The van der Waals surface area contributed by atoms with Gasteiger partial charge in [-0.3, -0.25) is 0 Å². The molecule has 3 heteroatoms. The summed E-state index contributed by atoms with van der Waals surface area (Å²) in [7, 11) is 0. The number of anilines is 2.